The van der Waals surface area contributed by atoms with E-state index in [0.29, 0.717) is 42.4 Å². The molecule has 0 aliphatic heterocycles. The lowest BCUT2D eigenvalue weighted by molar-refractivity contribution is -0.196. The minimum atomic E-state index is -4.37. The number of hydrogen-bond donors (Lipinski definition) is 5. The molecular weight excluding hydrogens is 831 g/mol. The molecule has 4 atom stereocenters. The normalized spacial score (nSPS) is 16.9. The van der Waals surface area contributed by atoms with E-state index in [-0.39, 0.29) is 43.9 Å². The number of carbonyl (C=O) groups is 2. The number of phenols is 2. The number of nitrogens with one attached hydrogen (secondary N) is 1. The average molecular weight is 889 g/mol. The molecule has 11 nitrogen and oxygen atoms in total. The van der Waals surface area contributed by atoms with E-state index in [1.165, 1.54) is 42.5 Å². The lowest BCUT2D eigenvalue weighted by atomic mass is 9.80. The van der Waals surface area contributed by atoms with Crippen molar-refractivity contribution in [1.29, 1.82) is 0 Å². The van der Waals surface area contributed by atoms with Crippen LogP contribution in [0.15, 0.2) is 97.6 Å². The number of halogens is 6. The molecule has 2 aromatic heterocycles. The summed E-state index contributed by atoms with van der Waals surface area (Å²) in [5.41, 5.74) is 4.91. The fraction of sp³-hybridized carbons (Fsp3) is 0.478. The smallest absolute Gasteiger partial charge is 0.395 e. The topological polar surface area (TPSA) is 165 Å². The van der Waals surface area contributed by atoms with E-state index >= 15 is 0 Å². The first-order chi connectivity index (χ1) is 29.6. The van der Waals surface area contributed by atoms with Crippen LogP contribution in [0.3, 0.4) is 0 Å². The van der Waals surface area contributed by atoms with Crippen molar-refractivity contribution in [3.63, 3.8) is 0 Å². The maximum absolute atomic E-state index is 13.8. The highest BCUT2D eigenvalue weighted by Gasteiger charge is 2.68. The molecule has 2 saturated carbocycles. The molecule has 2 aromatic carbocycles. The lowest BCUT2D eigenvalue weighted by Crippen LogP contribution is -2.42. The van der Waals surface area contributed by atoms with E-state index in [0.717, 1.165) is 12.0 Å². The van der Waals surface area contributed by atoms with Crippen LogP contribution >= 0.6 is 0 Å². The summed E-state index contributed by atoms with van der Waals surface area (Å²) in [6.07, 6.45) is -2.18. The van der Waals surface area contributed by atoms with E-state index in [4.69, 9.17) is 15.9 Å². The van der Waals surface area contributed by atoms with E-state index in [1.807, 2.05) is 57.4 Å². The van der Waals surface area contributed by atoms with Gasteiger partial charge in [0, 0.05) is 68.2 Å². The second-order valence-corrected chi connectivity index (χ2v) is 16.8. The number of likely N-dealkylation sites (N-methyl/N-ethyl adjacent to an activating group) is 2. The Labute approximate surface area is 364 Å². The number of pyridine rings is 2. The van der Waals surface area contributed by atoms with E-state index in [1.54, 1.807) is 36.4 Å². The Hall–Kier alpha value is -5.26. The number of alkyl halides is 6. The number of aromatic nitrogens is 2. The number of nitrogens with two attached hydrogens (primary N) is 1. The van der Waals surface area contributed by atoms with Crippen molar-refractivity contribution in [2.75, 3.05) is 41.3 Å². The molecule has 0 spiro atoms. The van der Waals surface area contributed by atoms with Crippen LogP contribution in [-0.2, 0) is 22.4 Å². The number of nitrogens with zero attached hydrogens (tertiary/aromatic N) is 4. The Morgan fingerprint density at radius 2 is 1.08 bits per heavy atom. The summed E-state index contributed by atoms with van der Waals surface area (Å²) < 4.78 is 80.6. The van der Waals surface area contributed by atoms with Crippen LogP contribution in [0, 0.1) is 10.8 Å². The Kier molecular flexibility index (Phi) is 17.5. The average Bonchev–Trinajstić information content (AvgIpc) is 4.17. The van der Waals surface area contributed by atoms with Gasteiger partial charge in [0.2, 0.25) is 5.91 Å². The third kappa shape index (κ3) is 14.1. The van der Waals surface area contributed by atoms with Gasteiger partial charge in [-0.05, 0) is 125 Å². The Bertz CT molecular complexity index is 2010. The van der Waals surface area contributed by atoms with Gasteiger partial charge in [0.05, 0.1) is 17.3 Å². The van der Waals surface area contributed by atoms with Gasteiger partial charge in [0.15, 0.2) is 0 Å². The lowest BCUT2D eigenvalue weighted by Gasteiger charge is -2.30. The van der Waals surface area contributed by atoms with E-state index < -0.39 is 53.3 Å². The molecule has 2 aliphatic rings. The minimum absolute atomic E-state index is 0.0106. The van der Waals surface area contributed by atoms with Gasteiger partial charge >= 0.3 is 18.3 Å². The van der Waals surface area contributed by atoms with Crippen molar-refractivity contribution in [3.05, 3.63) is 120 Å². The molecule has 2 unspecified atom stereocenters. The van der Waals surface area contributed by atoms with Crippen molar-refractivity contribution in [2.45, 2.75) is 87.6 Å². The van der Waals surface area contributed by atoms with Crippen LogP contribution in [0.2, 0.25) is 0 Å². The second-order valence-electron chi connectivity index (χ2n) is 16.8. The van der Waals surface area contributed by atoms with Crippen molar-refractivity contribution in [2.24, 2.45) is 16.6 Å². The molecule has 6 N–H and O–H groups in total. The van der Waals surface area contributed by atoms with Gasteiger partial charge in [0.25, 0.3) is 0 Å². The molecule has 4 aromatic rings. The summed E-state index contributed by atoms with van der Waals surface area (Å²) in [5.74, 6) is -3.14. The van der Waals surface area contributed by atoms with Gasteiger partial charge in [-0.2, -0.15) is 26.3 Å². The van der Waals surface area contributed by atoms with Crippen molar-refractivity contribution in [1.82, 2.24) is 25.1 Å². The molecular formula is C46H58F6N6O5. The highest BCUT2D eigenvalue weighted by atomic mass is 19.4. The predicted octanol–water partition coefficient (Wildman–Crippen LogP) is 7.70. The van der Waals surface area contributed by atoms with E-state index in [2.05, 4.69) is 20.2 Å². The van der Waals surface area contributed by atoms with Crippen LogP contribution in [0.5, 0.6) is 11.5 Å². The summed E-state index contributed by atoms with van der Waals surface area (Å²) in [5, 5.41) is 30.2. The van der Waals surface area contributed by atoms with Gasteiger partial charge < -0.3 is 36.2 Å². The number of hydrogen-bond acceptors (Lipinski definition) is 9. The van der Waals surface area contributed by atoms with Crippen LogP contribution in [0.25, 0.3) is 0 Å². The number of carboxylic acids is 1. The number of rotatable bonds is 17. The molecule has 1 amide bonds. The highest BCUT2D eigenvalue weighted by Crippen LogP contribution is 2.67. The summed E-state index contributed by atoms with van der Waals surface area (Å²) in [6, 6.07) is 20.7. The van der Waals surface area contributed by atoms with Crippen molar-refractivity contribution in [3.8, 4) is 11.5 Å². The van der Waals surface area contributed by atoms with Gasteiger partial charge in [0.1, 0.15) is 11.5 Å². The Balaban J connectivity index is 0.000000230. The summed E-state index contributed by atoms with van der Waals surface area (Å²) in [6.45, 7) is 0.958. The predicted molar refractivity (Wildman–Crippen MR) is 227 cm³/mol. The second kappa shape index (κ2) is 21.9. The van der Waals surface area contributed by atoms with Gasteiger partial charge in [-0.25, -0.2) is 0 Å². The highest BCUT2D eigenvalue weighted by molar-refractivity contribution is 5.77. The third-order valence-corrected chi connectivity index (χ3v) is 12.1. The molecule has 6 rings (SSSR count). The van der Waals surface area contributed by atoms with Gasteiger partial charge in [-0.3, -0.25) is 19.6 Å². The van der Waals surface area contributed by atoms with Crippen LogP contribution in [-0.4, -0.2) is 113 Å². The Morgan fingerprint density at radius 1 is 0.683 bits per heavy atom. The summed E-state index contributed by atoms with van der Waals surface area (Å²) >= 11 is 0. The first-order valence-electron chi connectivity index (χ1n) is 20.6. The van der Waals surface area contributed by atoms with Crippen molar-refractivity contribution < 1.29 is 51.3 Å². The summed E-state index contributed by atoms with van der Waals surface area (Å²) in [7, 11) is 7.83. The molecule has 0 saturated heterocycles. The zero-order chi connectivity index (χ0) is 46.6. The molecule has 344 valence electrons. The Morgan fingerprint density at radius 3 is 1.40 bits per heavy atom. The number of aliphatic carboxylic acids is 1. The molecule has 17 heteroatoms. The number of carboxylic acid groups (broad SMARTS) is 1. The SMILES string of the molecule is CN(C)[C@H](CN)Cc1ccc(O)cc1.CN(C)[C@H](CNC(=O)CC(c1cccnc1)C1(C(F)(F)F)CC1)Cc1ccc(O)cc1.O=C(O)CC(c1cccnc1)C1(C(F)(F)F)CC1. The minimum Gasteiger partial charge on any atom is -0.508 e. The molecule has 2 aliphatic carbocycles. The van der Waals surface area contributed by atoms with Gasteiger partial charge in [-0.1, -0.05) is 36.4 Å². The van der Waals surface area contributed by atoms with Gasteiger partial charge in [-0.15, -0.1) is 0 Å². The quantitative estimate of drug-likeness (QED) is 0.0664. The fourth-order valence-electron chi connectivity index (χ4n) is 7.74. The molecule has 2 fully saturated rings. The third-order valence-electron chi connectivity index (χ3n) is 12.1. The largest absolute Gasteiger partial charge is 0.508 e. The first-order valence-corrected chi connectivity index (χ1v) is 20.6. The standard InChI is InChI=1S/C23H28F3N3O2.C12H12F3NO2.C11H18N2O/c1-29(2)18(12-16-5-7-19(30)8-6-16)15-28-21(31)13-20(17-4-3-11-27-14-17)22(9-10-22)23(24,25)26;13-12(14,15)11(3-4-11)9(6-10(17)18)8-2-1-5-16-7-8;1-13(2)10(8-12)7-9-3-5-11(14)6-4-9/h3-8,11,14,18,20,30H,9-10,12-13,15H2,1-2H3,(H,28,31);1-2,5,7,9H,3-4,6H2,(H,17,18);3-6,10,14H,7-8,12H2,1-2H3/t18-,20?;;10-/m0.0/s1. The van der Waals surface area contributed by atoms with Crippen molar-refractivity contribution >= 4 is 11.9 Å². The van der Waals surface area contributed by atoms with Crippen LogP contribution in [0.1, 0.15) is 72.6 Å². The maximum Gasteiger partial charge on any atom is 0.395 e. The zero-order valence-electron chi connectivity index (χ0n) is 35.9. The zero-order valence-corrected chi connectivity index (χ0v) is 35.9. The fourth-order valence-corrected chi connectivity index (χ4v) is 7.74. The van der Waals surface area contributed by atoms with Crippen LogP contribution in [0.4, 0.5) is 26.3 Å². The first kappa shape index (κ1) is 50.4. The number of carbonyl (C=O) groups excluding carboxylic acids is 1. The number of aromatic hydroxyl groups is 2. The molecule has 2 heterocycles. The molecule has 0 bridgehead atoms. The van der Waals surface area contributed by atoms with Crippen LogP contribution < -0.4 is 11.1 Å². The maximum atomic E-state index is 13.8. The molecule has 63 heavy (non-hydrogen) atoms. The number of amides is 1. The summed E-state index contributed by atoms with van der Waals surface area (Å²) in [4.78, 5) is 35.3. The monoisotopic (exact) mass is 888 g/mol. The number of benzene rings is 2. The molecule has 0 radical (unpaired) electrons. The number of phenolic OH excluding ortho intramolecular Hbond substituents is 2. The van der Waals surface area contributed by atoms with E-state index in [9.17, 15) is 41.0 Å².